The van der Waals surface area contributed by atoms with Gasteiger partial charge in [0, 0.05) is 13.1 Å². The molecule has 78 valence electrons. The molecular formula is C8H12N2O3S. The van der Waals surface area contributed by atoms with Crippen molar-refractivity contribution in [1.82, 2.24) is 4.90 Å². The van der Waals surface area contributed by atoms with Gasteiger partial charge in [-0.25, -0.2) is 0 Å². The van der Waals surface area contributed by atoms with Gasteiger partial charge in [0.15, 0.2) is 5.76 Å². The summed E-state index contributed by atoms with van der Waals surface area (Å²) in [6.07, 6.45) is 2.28. The third-order valence-corrected chi connectivity index (χ3v) is 3.17. The van der Waals surface area contributed by atoms with Gasteiger partial charge in [-0.3, -0.25) is 0 Å². The average molecular weight is 216 g/mol. The molecule has 1 saturated heterocycles. The first kappa shape index (κ1) is 9.67. The second-order valence-electron chi connectivity index (χ2n) is 3.56. The van der Waals surface area contributed by atoms with Crippen LogP contribution in [0.3, 0.4) is 0 Å². The molecule has 0 N–H and O–H groups in total. The lowest BCUT2D eigenvalue weighted by Crippen LogP contribution is -2.18. The van der Waals surface area contributed by atoms with E-state index in [-0.39, 0.29) is 6.10 Å². The van der Waals surface area contributed by atoms with E-state index in [0.717, 1.165) is 24.9 Å². The van der Waals surface area contributed by atoms with Crippen LogP contribution in [-0.4, -0.2) is 45.8 Å². The van der Waals surface area contributed by atoms with E-state index < -0.39 is 10.0 Å². The molecule has 0 saturated carbocycles. The number of likely N-dealkylation sites (N-methyl/N-ethyl adjacent to an activating group) is 1. The lowest BCUT2D eigenvalue weighted by atomic mass is 10.3. The van der Waals surface area contributed by atoms with Crippen LogP contribution in [0, 0.1) is 0 Å². The summed E-state index contributed by atoms with van der Waals surface area (Å²) in [5.74, 6) is 0.352. The molecule has 2 heterocycles. The number of nitrogens with zero attached hydrogens (tertiary/aromatic N) is 2. The Bertz CT molecular complexity index is 385. The number of hydrogen-bond donors (Lipinski definition) is 0. The minimum Gasteiger partial charge on any atom is -0.487 e. The fraction of sp³-hybridized carbons (Fsp3) is 0.625. The highest BCUT2D eigenvalue weighted by molar-refractivity contribution is 7.93. The summed E-state index contributed by atoms with van der Waals surface area (Å²) < 4.78 is 30.6. The summed E-state index contributed by atoms with van der Waals surface area (Å²) >= 11 is 0. The van der Waals surface area contributed by atoms with Crippen molar-refractivity contribution >= 4 is 16.2 Å². The van der Waals surface area contributed by atoms with Crippen LogP contribution in [0.4, 0.5) is 0 Å². The van der Waals surface area contributed by atoms with Crippen LogP contribution in [0.15, 0.2) is 15.6 Å². The molecule has 6 heteroatoms. The topological polar surface area (TPSA) is 59.0 Å². The summed E-state index contributed by atoms with van der Waals surface area (Å²) in [6.45, 7) is 1.83. The summed E-state index contributed by atoms with van der Waals surface area (Å²) in [5.41, 5.74) is 0. The maximum atomic E-state index is 10.9. The average Bonchev–Trinajstić information content (AvgIpc) is 2.59. The molecule has 1 unspecified atom stereocenters. The van der Waals surface area contributed by atoms with Gasteiger partial charge >= 0.3 is 0 Å². The zero-order valence-electron chi connectivity index (χ0n) is 7.88. The molecule has 14 heavy (non-hydrogen) atoms. The molecule has 1 atom stereocenters. The van der Waals surface area contributed by atoms with Crippen molar-refractivity contribution in [2.24, 2.45) is 4.40 Å². The Morgan fingerprint density at radius 3 is 2.93 bits per heavy atom. The van der Waals surface area contributed by atoms with E-state index in [9.17, 15) is 8.42 Å². The highest BCUT2D eigenvalue weighted by Crippen LogP contribution is 2.17. The molecule has 2 aliphatic heterocycles. The van der Waals surface area contributed by atoms with Gasteiger partial charge in [0.1, 0.15) is 6.10 Å². The standard InChI is InChI=1S/C8H12N2O3S/c1-10-3-2-7(5-10)13-8-4-9-14(11,12)6-8/h4,6-7H,2-3,5H2,1H3. The Morgan fingerprint density at radius 2 is 2.43 bits per heavy atom. The summed E-state index contributed by atoms with van der Waals surface area (Å²) in [5, 5.41) is 1.06. The number of sulfonamides is 1. The smallest absolute Gasteiger partial charge is 0.279 e. The summed E-state index contributed by atoms with van der Waals surface area (Å²) in [6, 6.07) is 0. The normalized spacial score (nSPS) is 30.6. The van der Waals surface area contributed by atoms with Crippen molar-refractivity contribution in [3.05, 3.63) is 11.2 Å². The van der Waals surface area contributed by atoms with E-state index >= 15 is 0 Å². The van der Waals surface area contributed by atoms with Crippen molar-refractivity contribution in [3.63, 3.8) is 0 Å². The second kappa shape index (κ2) is 3.36. The van der Waals surface area contributed by atoms with E-state index in [2.05, 4.69) is 9.30 Å². The van der Waals surface area contributed by atoms with Crippen LogP contribution in [0.5, 0.6) is 0 Å². The van der Waals surface area contributed by atoms with Gasteiger partial charge in [-0.1, -0.05) is 0 Å². The van der Waals surface area contributed by atoms with E-state index in [4.69, 9.17) is 4.74 Å². The number of likely N-dealkylation sites (tertiary alicyclic amines) is 1. The predicted molar refractivity (Wildman–Crippen MR) is 52.5 cm³/mol. The molecule has 2 rings (SSSR count). The third-order valence-electron chi connectivity index (χ3n) is 2.24. The number of hydrogen-bond acceptors (Lipinski definition) is 4. The Hall–Kier alpha value is -0.880. The number of ether oxygens (including phenoxy) is 1. The lowest BCUT2D eigenvalue weighted by Gasteiger charge is -2.11. The van der Waals surface area contributed by atoms with Gasteiger partial charge in [0.05, 0.1) is 11.6 Å². The predicted octanol–water partition coefficient (Wildman–Crippen LogP) is -0.0373. The van der Waals surface area contributed by atoms with Crippen LogP contribution >= 0.6 is 0 Å². The molecule has 0 amide bonds. The maximum Gasteiger partial charge on any atom is 0.279 e. The SMILES string of the molecule is CN1CCC(OC2=CS(=O)(=O)N=C2)C1. The molecule has 0 spiro atoms. The molecule has 5 nitrogen and oxygen atoms in total. The van der Waals surface area contributed by atoms with Gasteiger partial charge in [0.2, 0.25) is 0 Å². The van der Waals surface area contributed by atoms with Crippen LogP contribution in [-0.2, 0) is 14.8 Å². The van der Waals surface area contributed by atoms with E-state index in [1.807, 2.05) is 7.05 Å². The van der Waals surface area contributed by atoms with E-state index in [1.54, 1.807) is 0 Å². The fourth-order valence-corrected chi connectivity index (χ4v) is 2.30. The largest absolute Gasteiger partial charge is 0.487 e. The minimum absolute atomic E-state index is 0.0889. The van der Waals surface area contributed by atoms with Gasteiger partial charge < -0.3 is 9.64 Å². The first-order valence-corrected chi connectivity index (χ1v) is 5.93. The molecule has 0 radical (unpaired) electrons. The van der Waals surface area contributed by atoms with Crippen LogP contribution in [0.1, 0.15) is 6.42 Å². The van der Waals surface area contributed by atoms with Gasteiger partial charge in [0.25, 0.3) is 10.0 Å². The first-order valence-electron chi connectivity index (χ1n) is 4.42. The molecule has 1 fully saturated rings. The maximum absolute atomic E-state index is 10.9. The highest BCUT2D eigenvalue weighted by Gasteiger charge is 2.23. The minimum atomic E-state index is -3.38. The van der Waals surface area contributed by atoms with Crippen LogP contribution in [0.2, 0.25) is 0 Å². The Balaban J connectivity index is 1.97. The monoisotopic (exact) mass is 216 g/mol. The lowest BCUT2D eigenvalue weighted by molar-refractivity contribution is 0.140. The summed E-state index contributed by atoms with van der Waals surface area (Å²) in [4.78, 5) is 2.14. The van der Waals surface area contributed by atoms with Gasteiger partial charge in [-0.05, 0) is 13.5 Å². The van der Waals surface area contributed by atoms with Crippen molar-refractivity contribution in [2.45, 2.75) is 12.5 Å². The molecule has 0 aromatic rings. The van der Waals surface area contributed by atoms with Crippen molar-refractivity contribution in [3.8, 4) is 0 Å². The van der Waals surface area contributed by atoms with Crippen LogP contribution < -0.4 is 0 Å². The second-order valence-corrected chi connectivity index (χ2v) is 5.04. The van der Waals surface area contributed by atoms with Crippen molar-refractivity contribution < 1.29 is 13.2 Å². The van der Waals surface area contributed by atoms with E-state index in [1.165, 1.54) is 6.21 Å². The van der Waals surface area contributed by atoms with Gasteiger partial charge in [-0.15, -0.1) is 0 Å². The van der Waals surface area contributed by atoms with E-state index in [0.29, 0.717) is 5.76 Å². The molecule has 0 bridgehead atoms. The van der Waals surface area contributed by atoms with Crippen LogP contribution in [0.25, 0.3) is 0 Å². The summed E-state index contributed by atoms with van der Waals surface area (Å²) in [7, 11) is -1.37. The quantitative estimate of drug-likeness (QED) is 0.650. The van der Waals surface area contributed by atoms with Crippen molar-refractivity contribution in [1.29, 1.82) is 0 Å². The highest BCUT2D eigenvalue weighted by atomic mass is 32.2. The fourth-order valence-electron chi connectivity index (χ4n) is 1.57. The molecular weight excluding hydrogens is 204 g/mol. The molecule has 0 aromatic carbocycles. The zero-order chi connectivity index (χ0) is 10.2. The molecule has 2 aliphatic rings. The Kier molecular flexibility index (Phi) is 2.32. The Morgan fingerprint density at radius 1 is 1.64 bits per heavy atom. The van der Waals surface area contributed by atoms with Gasteiger partial charge in [-0.2, -0.15) is 12.8 Å². The van der Waals surface area contributed by atoms with Crippen molar-refractivity contribution in [2.75, 3.05) is 20.1 Å². The number of rotatable bonds is 2. The third kappa shape index (κ3) is 2.13. The number of allylic oxidation sites excluding steroid dienone is 1. The Labute approximate surface area is 83.1 Å². The molecule has 0 aliphatic carbocycles. The molecule has 0 aromatic heterocycles. The zero-order valence-corrected chi connectivity index (χ0v) is 8.70. The first-order chi connectivity index (χ1) is 6.55.